The molecular weight excluding hydrogens is 389 g/mol. The van der Waals surface area contributed by atoms with E-state index in [1.807, 2.05) is 5.38 Å². The standard InChI is InChI=1S/C22H22FN3O2S/c23-18-11-5-4-10-17(18)19-14-29-22(25-16-8-2-1-3-9-16)26(19)24-13-15-7-6-12-20(27)21(15)28/h4-7,10-14,16,27-28H,1-3,8-9H2. The summed E-state index contributed by atoms with van der Waals surface area (Å²) in [5.74, 6) is -0.797. The van der Waals surface area contributed by atoms with E-state index in [4.69, 9.17) is 4.99 Å². The fraction of sp³-hybridized carbons (Fsp3) is 0.273. The highest BCUT2D eigenvalue weighted by atomic mass is 32.1. The summed E-state index contributed by atoms with van der Waals surface area (Å²) in [4.78, 5) is 5.57. The van der Waals surface area contributed by atoms with E-state index in [1.165, 1.54) is 48.9 Å². The highest BCUT2D eigenvalue weighted by Gasteiger charge is 2.15. The van der Waals surface area contributed by atoms with Gasteiger partial charge in [-0.2, -0.15) is 5.10 Å². The summed E-state index contributed by atoms with van der Waals surface area (Å²) in [5, 5.41) is 26.1. The van der Waals surface area contributed by atoms with Crippen molar-refractivity contribution in [3.8, 4) is 22.8 Å². The van der Waals surface area contributed by atoms with Crippen LogP contribution in [0.5, 0.6) is 11.5 Å². The van der Waals surface area contributed by atoms with Crippen molar-refractivity contribution in [1.29, 1.82) is 0 Å². The fourth-order valence-electron chi connectivity index (χ4n) is 3.49. The fourth-order valence-corrected chi connectivity index (χ4v) is 4.39. The van der Waals surface area contributed by atoms with E-state index in [-0.39, 0.29) is 23.4 Å². The second kappa shape index (κ2) is 8.61. The molecule has 0 spiro atoms. The van der Waals surface area contributed by atoms with Crippen LogP contribution in [0.1, 0.15) is 37.7 Å². The van der Waals surface area contributed by atoms with Gasteiger partial charge in [0.15, 0.2) is 11.5 Å². The van der Waals surface area contributed by atoms with Gasteiger partial charge in [-0.15, -0.1) is 11.3 Å². The number of aromatic hydroxyl groups is 2. The lowest BCUT2D eigenvalue weighted by Crippen LogP contribution is -2.19. The van der Waals surface area contributed by atoms with Crippen LogP contribution in [0.15, 0.2) is 57.9 Å². The Morgan fingerprint density at radius 3 is 2.62 bits per heavy atom. The number of hydrogen-bond donors (Lipinski definition) is 2. The van der Waals surface area contributed by atoms with E-state index >= 15 is 0 Å². The Kier molecular flexibility index (Phi) is 5.76. The van der Waals surface area contributed by atoms with Gasteiger partial charge in [0.05, 0.1) is 18.0 Å². The molecule has 4 rings (SSSR count). The summed E-state index contributed by atoms with van der Waals surface area (Å²) >= 11 is 1.42. The van der Waals surface area contributed by atoms with Gasteiger partial charge in [-0.05, 0) is 37.1 Å². The molecular formula is C22H22FN3O2S. The van der Waals surface area contributed by atoms with Crippen molar-refractivity contribution in [2.45, 2.75) is 38.1 Å². The molecule has 5 nitrogen and oxygen atoms in total. The summed E-state index contributed by atoms with van der Waals surface area (Å²) < 4.78 is 16.1. The number of phenolic OH excluding ortho intramolecular Hbond substituents is 2. The second-order valence-corrected chi connectivity index (χ2v) is 7.91. The maximum atomic E-state index is 14.4. The molecule has 1 aliphatic rings. The normalized spacial score (nSPS) is 16.0. The van der Waals surface area contributed by atoms with Crippen molar-refractivity contribution in [1.82, 2.24) is 4.68 Å². The van der Waals surface area contributed by atoms with Crippen molar-refractivity contribution < 1.29 is 14.6 Å². The molecule has 1 saturated carbocycles. The number of benzene rings is 2. The highest BCUT2D eigenvalue weighted by molar-refractivity contribution is 7.07. The minimum Gasteiger partial charge on any atom is -0.504 e. The van der Waals surface area contributed by atoms with E-state index in [1.54, 1.807) is 35.0 Å². The van der Waals surface area contributed by atoms with Crippen LogP contribution >= 0.6 is 11.3 Å². The maximum Gasteiger partial charge on any atom is 0.206 e. The number of nitrogens with zero attached hydrogens (tertiary/aromatic N) is 3. The SMILES string of the molecule is Oc1cccc(C=Nn2c(-c3ccccc3F)csc2=NC2CCCCC2)c1O. The number of rotatable bonds is 4. The van der Waals surface area contributed by atoms with E-state index in [0.29, 0.717) is 21.6 Å². The van der Waals surface area contributed by atoms with Crippen molar-refractivity contribution in [2.75, 3.05) is 0 Å². The Bertz CT molecular complexity index is 1100. The van der Waals surface area contributed by atoms with Crippen LogP contribution in [-0.2, 0) is 0 Å². The van der Waals surface area contributed by atoms with Gasteiger partial charge in [-0.3, -0.25) is 4.99 Å². The van der Waals surface area contributed by atoms with E-state index in [9.17, 15) is 14.6 Å². The summed E-state index contributed by atoms with van der Waals surface area (Å²) in [6, 6.07) is 11.5. The van der Waals surface area contributed by atoms with E-state index < -0.39 is 0 Å². The van der Waals surface area contributed by atoms with Gasteiger partial charge < -0.3 is 10.2 Å². The first-order valence-electron chi connectivity index (χ1n) is 9.68. The molecule has 3 aromatic rings. The molecule has 1 aromatic heterocycles. The largest absolute Gasteiger partial charge is 0.504 e. The molecule has 0 bridgehead atoms. The predicted octanol–water partition coefficient (Wildman–Crippen LogP) is 4.88. The van der Waals surface area contributed by atoms with E-state index in [0.717, 1.165) is 12.8 Å². The third kappa shape index (κ3) is 4.24. The molecule has 0 saturated heterocycles. The van der Waals surface area contributed by atoms with Crippen molar-refractivity contribution in [2.24, 2.45) is 10.1 Å². The first-order chi connectivity index (χ1) is 14.1. The summed E-state index contributed by atoms with van der Waals surface area (Å²) in [5.41, 5.74) is 1.40. The van der Waals surface area contributed by atoms with Crippen LogP contribution < -0.4 is 4.80 Å². The number of halogens is 1. The summed E-state index contributed by atoms with van der Waals surface area (Å²) in [6.07, 6.45) is 7.12. The lowest BCUT2D eigenvalue weighted by molar-refractivity contribution is 0.403. The van der Waals surface area contributed by atoms with Gasteiger partial charge >= 0.3 is 0 Å². The molecule has 0 amide bonds. The van der Waals surface area contributed by atoms with Crippen LogP contribution in [0.25, 0.3) is 11.3 Å². The van der Waals surface area contributed by atoms with Gasteiger partial charge in [-0.1, -0.05) is 37.5 Å². The maximum absolute atomic E-state index is 14.4. The molecule has 1 aliphatic carbocycles. The van der Waals surface area contributed by atoms with E-state index in [2.05, 4.69) is 5.10 Å². The lowest BCUT2D eigenvalue weighted by Gasteiger charge is -2.16. The average molecular weight is 412 g/mol. The molecule has 0 unspecified atom stereocenters. The molecule has 150 valence electrons. The summed E-state index contributed by atoms with van der Waals surface area (Å²) in [6.45, 7) is 0. The van der Waals surface area contributed by atoms with Crippen LogP contribution in [0, 0.1) is 5.82 Å². The lowest BCUT2D eigenvalue weighted by atomic mass is 9.96. The van der Waals surface area contributed by atoms with Gasteiger partial charge in [-0.25, -0.2) is 9.07 Å². The average Bonchev–Trinajstić information content (AvgIpc) is 3.12. The smallest absolute Gasteiger partial charge is 0.206 e. The number of thiazole rings is 1. The molecule has 7 heteroatoms. The minimum atomic E-state index is -0.335. The number of phenols is 2. The minimum absolute atomic E-state index is 0.217. The second-order valence-electron chi connectivity index (χ2n) is 7.08. The molecule has 29 heavy (non-hydrogen) atoms. The van der Waals surface area contributed by atoms with Crippen LogP contribution in [0.4, 0.5) is 4.39 Å². The zero-order valence-electron chi connectivity index (χ0n) is 15.8. The molecule has 1 fully saturated rings. The molecule has 2 aromatic carbocycles. The monoisotopic (exact) mass is 411 g/mol. The Labute approximate surface area is 172 Å². The predicted molar refractivity (Wildman–Crippen MR) is 113 cm³/mol. The Balaban J connectivity index is 1.81. The van der Waals surface area contributed by atoms with Crippen LogP contribution in [-0.4, -0.2) is 27.1 Å². The number of hydrogen-bond acceptors (Lipinski definition) is 5. The first kappa shape index (κ1) is 19.4. The zero-order chi connectivity index (χ0) is 20.2. The topological polar surface area (TPSA) is 70.1 Å². The number of para-hydroxylation sites is 1. The molecule has 0 aliphatic heterocycles. The first-order valence-corrected chi connectivity index (χ1v) is 10.6. The van der Waals surface area contributed by atoms with Gasteiger partial charge in [0.25, 0.3) is 0 Å². The number of aromatic nitrogens is 1. The Morgan fingerprint density at radius 2 is 1.83 bits per heavy atom. The van der Waals surface area contributed by atoms with Gasteiger partial charge in [0.1, 0.15) is 5.82 Å². The van der Waals surface area contributed by atoms with Crippen molar-refractivity contribution >= 4 is 17.6 Å². The Morgan fingerprint density at radius 1 is 1.03 bits per heavy atom. The molecule has 0 radical (unpaired) electrons. The Hall–Kier alpha value is -2.93. The van der Waals surface area contributed by atoms with Crippen molar-refractivity contribution in [3.63, 3.8) is 0 Å². The van der Waals surface area contributed by atoms with Crippen LogP contribution in [0.2, 0.25) is 0 Å². The van der Waals surface area contributed by atoms with Crippen LogP contribution in [0.3, 0.4) is 0 Å². The summed E-state index contributed by atoms with van der Waals surface area (Å²) in [7, 11) is 0. The third-order valence-electron chi connectivity index (χ3n) is 5.06. The molecule has 1 heterocycles. The van der Waals surface area contributed by atoms with Gasteiger partial charge in [0.2, 0.25) is 4.80 Å². The molecule has 2 N–H and O–H groups in total. The third-order valence-corrected chi connectivity index (χ3v) is 5.89. The quantitative estimate of drug-likeness (QED) is 0.474. The highest BCUT2D eigenvalue weighted by Crippen LogP contribution is 2.28. The molecule has 0 atom stereocenters. The zero-order valence-corrected chi connectivity index (χ0v) is 16.6. The van der Waals surface area contributed by atoms with Crippen molar-refractivity contribution in [3.05, 3.63) is 64.0 Å². The van der Waals surface area contributed by atoms with Gasteiger partial charge in [0, 0.05) is 16.5 Å².